The van der Waals surface area contributed by atoms with Crippen molar-refractivity contribution < 1.29 is 0 Å². The molecule has 0 bridgehead atoms. The summed E-state index contributed by atoms with van der Waals surface area (Å²) >= 11 is 0. The normalized spacial score (nSPS) is 30.0. The van der Waals surface area contributed by atoms with E-state index >= 15 is 0 Å². The first-order valence-corrected chi connectivity index (χ1v) is 10.3. The maximum absolute atomic E-state index is 2.81. The highest BCUT2D eigenvalue weighted by atomic mass is 15.3. The lowest BCUT2D eigenvalue weighted by Crippen LogP contribution is -2.62. The highest BCUT2D eigenvalue weighted by Gasteiger charge is 2.37. The molecule has 0 aromatic rings. The minimum Gasteiger partial charge on any atom is -0.298 e. The molecule has 0 N–H and O–H groups in total. The fourth-order valence-corrected chi connectivity index (χ4v) is 4.52. The van der Waals surface area contributed by atoms with Gasteiger partial charge in [-0.2, -0.15) is 0 Å². The van der Waals surface area contributed by atoms with Crippen LogP contribution in [0.1, 0.15) is 74.7 Å². The topological polar surface area (TPSA) is 9.72 Å². The van der Waals surface area contributed by atoms with Gasteiger partial charge in [0.05, 0.1) is 0 Å². The number of piperidine rings is 1. The smallest absolute Gasteiger partial charge is 0.0198 e. The monoisotopic (exact) mass is 337 g/mol. The summed E-state index contributed by atoms with van der Waals surface area (Å²) in [6, 6.07) is 1.36. The number of hydrogen-bond acceptors (Lipinski definition) is 3. The van der Waals surface area contributed by atoms with Gasteiger partial charge in [0, 0.05) is 42.8 Å². The lowest BCUT2D eigenvalue weighted by Gasteiger charge is -2.51. The Bertz CT molecular complexity index is 378. The molecule has 2 rings (SSSR count). The summed E-state index contributed by atoms with van der Waals surface area (Å²) in [6.07, 6.45) is 3.98. The van der Waals surface area contributed by atoms with Crippen LogP contribution in [0.15, 0.2) is 0 Å². The van der Waals surface area contributed by atoms with Gasteiger partial charge >= 0.3 is 0 Å². The number of hydrogen-bond donors (Lipinski definition) is 0. The zero-order chi connectivity index (χ0) is 18.1. The molecule has 0 unspecified atom stereocenters. The van der Waals surface area contributed by atoms with E-state index in [-0.39, 0.29) is 0 Å². The Labute approximate surface area is 151 Å². The van der Waals surface area contributed by atoms with Crippen LogP contribution < -0.4 is 0 Å². The Hall–Kier alpha value is -0.120. The lowest BCUT2D eigenvalue weighted by molar-refractivity contribution is -0.0265. The predicted molar refractivity (Wildman–Crippen MR) is 106 cm³/mol. The van der Waals surface area contributed by atoms with Crippen molar-refractivity contribution in [3.63, 3.8) is 0 Å². The van der Waals surface area contributed by atoms with Gasteiger partial charge < -0.3 is 0 Å². The molecule has 3 heteroatoms. The first-order valence-electron chi connectivity index (χ1n) is 10.3. The molecule has 2 fully saturated rings. The number of rotatable bonds is 4. The molecule has 0 aromatic heterocycles. The van der Waals surface area contributed by atoms with Crippen LogP contribution in [0.5, 0.6) is 0 Å². The third kappa shape index (κ3) is 4.74. The molecule has 3 nitrogen and oxygen atoms in total. The highest BCUT2D eigenvalue weighted by molar-refractivity contribution is 4.93. The van der Waals surface area contributed by atoms with E-state index in [1.165, 1.54) is 52.0 Å². The summed E-state index contributed by atoms with van der Waals surface area (Å²) in [5, 5.41) is 0. The molecule has 0 aliphatic carbocycles. The molecular formula is C21H43N3. The Kier molecular flexibility index (Phi) is 6.42. The maximum atomic E-state index is 2.81. The SMILES string of the molecule is CCC(C)(C)N1C[C@@H](C)N(CC2CCN(C(C)(C)C)CC2)[C@@H](C)C1. The average molecular weight is 338 g/mol. The second kappa shape index (κ2) is 7.63. The van der Waals surface area contributed by atoms with Crippen LogP contribution in [0.25, 0.3) is 0 Å². The summed E-state index contributed by atoms with van der Waals surface area (Å²) in [4.78, 5) is 8.19. The van der Waals surface area contributed by atoms with Crippen LogP contribution in [-0.2, 0) is 0 Å². The van der Waals surface area contributed by atoms with E-state index in [4.69, 9.17) is 0 Å². The largest absolute Gasteiger partial charge is 0.298 e. The van der Waals surface area contributed by atoms with Gasteiger partial charge in [0.25, 0.3) is 0 Å². The first-order chi connectivity index (χ1) is 11.0. The average Bonchev–Trinajstić information content (AvgIpc) is 2.50. The van der Waals surface area contributed by atoms with Crippen molar-refractivity contribution in [1.29, 1.82) is 0 Å². The summed E-state index contributed by atoms with van der Waals surface area (Å²) in [7, 11) is 0. The Balaban J connectivity index is 1.88. The van der Waals surface area contributed by atoms with E-state index < -0.39 is 0 Å². The van der Waals surface area contributed by atoms with Gasteiger partial charge in [-0.05, 0) is 86.7 Å². The van der Waals surface area contributed by atoms with Crippen molar-refractivity contribution >= 4 is 0 Å². The third-order valence-electron chi connectivity index (χ3n) is 6.86. The summed E-state index contributed by atoms with van der Waals surface area (Å²) in [6.45, 7) is 25.4. The van der Waals surface area contributed by atoms with E-state index in [0.717, 1.165) is 5.92 Å². The quantitative estimate of drug-likeness (QED) is 0.765. The second-order valence-electron chi connectivity index (χ2n) is 10.1. The van der Waals surface area contributed by atoms with Gasteiger partial charge in [0.2, 0.25) is 0 Å². The van der Waals surface area contributed by atoms with Crippen molar-refractivity contribution in [2.45, 2.75) is 97.8 Å². The predicted octanol–water partition coefficient (Wildman–Crippen LogP) is 4.08. The number of piperazine rings is 1. The van der Waals surface area contributed by atoms with Gasteiger partial charge in [-0.25, -0.2) is 0 Å². The fourth-order valence-electron chi connectivity index (χ4n) is 4.52. The molecule has 142 valence electrons. The van der Waals surface area contributed by atoms with Gasteiger partial charge in [-0.1, -0.05) is 6.92 Å². The standard InChI is InChI=1S/C21H43N3/c1-9-21(7,8)23-14-17(2)24(18(3)15-23)16-19-10-12-22(13-11-19)20(4,5)6/h17-19H,9-16H2,1-8H3/t17-,18+. The Morgan fingerprint density at radius 2 is 1.33 bits per heavy atom. The zero-order valence-electron chi connectivity index (χ0n) is 17.7. The minimum absolute atomic E-state index is 0.336. The van der Waals surface area contributed by atoms with Crippen LogP contribution >= 0.6 is 0 Å². The molecule has 0 spiro atoms. The lowest BCUT2D eigenvalue weighted by atomic mass is 9.90. The van der Waals surface area contributed by atoms with Crippen LogP contribution in [0, 0.1) is 5.92 Å². The van der Waals surface area contributed by atoms with Crippen molar-refractivity contribution in [2.24, 2.45) is 5.92 Å². The first kappa shape index (κ1) is 20.2. The fraction of sp³-hybridized carbons (Fsp3) is 1.00. The van der Waals surface area contributed by atoms with E-state index in [0.29, 0.717) is 23.2 Å². The summed E-state index contributed by atoms with van der Waals surface area (Å²) in [5.74, 6) is 0.888. The maximum Gasteiger partial charge on any atom is 0.0198 e. The van der Waals surface area contributed by atoms with Crippen molar-refractivity contribution in [2.75, 3.05) is 32.7 Å². The van der Waals surface area contributed by atoms with E-state index in [1.807, 2.05) is 0 Å². The van der Waals surface area contributed by atoms with Crippen LogP contribution in [-0.4, -0.2) is 70.6 Å². The number of nitrogens with zero attached hydrogens (tertiary/aromatic N) is 3. The molecule has 0 amide bonds. The molecule has 0 saturated carbocycles. The van der Waals surface area contributed by atoms with Crippen LogP contribution in [0.3, 0.4) is 0 Å². The summed E-state index contributed by atoms with van der Waals surface area (Å²) < 4.78 is 0. The van der Waals surface area contributed by atoms with Gasteiger partial charge in [-0.15, -0.1) is 0 Å². The molecular weight excluding hydrogens is 294 g/mol. The zero-order valence-corrected chi connectivity index (χ0v) is 17.7. The molecule has 0 aromatic carbocycles. The number of likely N-dealkylation sites (tertiary alicyclic amines) is 1. The summed E-state index contributed by atoms with van der Waals surface area (Å²) in [5.41, 5.74) is 0.676. The van der Waals surface area contributed by atoms with Crippen LogP contribution in [0.4, 0.5) is 0 Å². The van der Waals surface area contributed by atoms with Gasteiger partial charge in [0.15, 0.2) is 0 Å². The Morgan fingerprint density at radius 3 is 1.75 bits per heavy atom. The molecule has 2 aliphatic heterocycles. The molecule has 2 heterocycles. The van der Waals surface area contributed by atoms with Crippen molar-refractivity contribution in [1.82, 2.24) is 14.7 Å². The van der Waals surface area contributed by atoms with Crippen molar-refractivity contribution in [3.05, 3.63) is 0 Å². The van der Waals surface area contributed by atoms with Crippen LogP contribution in [0.2, 0.25) is 0 Å². The molecule has 2 atom stereocenters. The van der Waals surface area contributed by atoms with E-state index in [2.05, 4.69) is 70.1 Å². The molecule has 2 saturated heterocycles. The third-order valence-corrected chi connectivity index (χ3v) is 6.86. The minimum atomic E-state index is 0.336. The second-order valence-corrected chi connectivity index (χ2v) is 10.1. The van der Waals surface area contributed by atoms with E-state index in [1.54, 1.807) is 0 Å². The molecule has 0 radical (unpaired) electrons. The van der Waals surface area contributed by atoms with Gasteiger partial charge in [-0.3, -0.25) is 14.7 Å². The van der Waals surface area contributed by atoms with Crippen molar-refractivity contribution in [3.8, 4) is 0 Å². The molecule has 24 heavy (non-hydrogen) atoms. The van der Waals surface area contributed by atoms with E-state index in [9.17, 15) is 0 Å². The molecule has 2 aliphatic rings. The highest BCUT2D eigenvalue weighted by Crippen LogP contribution is 2.29. The van der Waals surface area contributed by atoms with Gasteiger partial charge in [0.1, 0.15) is 0 Å². The Morgan fingerprint density at radius 1 is 0.833 bits per heavy atom.